The molecule has 9 aromatic rings. The second-order valence-corrected chi connectivity index (χ2v) is 12.2. The Hall–Kier alpha value is -6.64. The van der Waals surface area contributed by atoms with Crippen LogP contribution in [0.25, 0.3) is 32.3 Å². The highest BCUT2D eigenvalue weighted by atomic mass is 15.1. The fourth-order valence-corrected chi connectivity index (χ4v) is 6.78. The second-order valence-electron chi connectivity index (χ2n) is 12.2. The maximum Gasteiger partial charge on any atom is 0.0540 e. The Balaban J connectivity index is 0.000000146. The van der Waals surface area contributed by atoms with Crippen LogP contribution in [0.5, 0.6) is 0 Å². The van der Waals surface area contributed by atoms with E-state index >= 15 is 0 Å². The van der Waals surface area contributed by atoms with Gasteiger partial charge < -0.3 is 9.80 Å². The molecular formula is C48H36N2. The van der Waals surface area contributed by atoms with Crippen LogP contribution in [0.15, 0.2) is 218 Å². The third kappa shape index (κ3) is 6.19. The largest absolute Gasteiger partial charge is 0.310 e. The van der Waals surface area contributed by atoms with Gasteiger partial charge in [0.05, 0.1) is 17.1 Å². The first-order valence-corrected chi connectivity index (χ1v) is 17.0. The Labute approximate surface area is 293 Å². The predicted molar refractivity (Wildman–Crippen MR) is 215 cm³/mol. The minimum absolute atomic E-state index is 1.16. The van der Waals surface area contributed by atoms with Crippen LogP contribution in [0.3, 0.4) is 0 Å². The van der Waals surface area contributed by atoms with Gasteiger partial charge in [-0.25, -0.2) is 0 Å². The molecule has 9 aromatic carbocycles. The number of para-hydroxylation sites is 3. The van der Waals surface area contributed by atoms with Crippen molar-refractivity contribution in [3.63, 3.8) is 0 Å². The van der Waals surface area contributed by atoms with E-state index in [1.54, 1.807) is 0 Å². The number of hydrogen-bond donors (Lipinski definition) is 0. The van der Waals surface area contributed by atoms with E-state index in [9.17, 15) is 0 Å². The lowest BCUT2D eigenvalue weighted by Crippen LogP contribution is -2.10. The summed E-state index contributed by atoms with van der Waals surface area (Å²) in [7, 11) is 0. The zero-order valence-electron chi connectivity index (χ0n) is 27.7. The Morgan fingerprint density at radius 2 is 0.460 bits per heavy atom. The molecule has 9 rings (SSSR count). The molecule has 0 saturated heterocycles. The number of benzene rings is 9. The molecule has 0 heterocycles. The maximum absolute atomic E-state index is 2.37. The van der Waals surface area contributed by atoms with Gasteiger partial charge >= 0.3 is 0 Å². The average Bonchev–Trinajstić information content (AvgIpc) is 3.20. The third-order valence-corrected chi connectivity index (χ3v) is 9.07. The van der Waals surface area contributed by atoms with Crippen molar-refractivity contribution in [2.75, 3.05) is 9.80 Å². The van der Waals surface area contributed by atoms with Crippen LogP contribution in [0.1, 0.15) is 0 Å². The number of rotatable bonds is 6. The molecule has 0 atom stereocenters. The summed E-state index contributed by atoms with van der Waals surface area (Å²) in [5.74, 6) is 0. The van der Waals surface area contributed by atoms with Gasteiger partial charge in [-0.1, -0.05) is 164 Å². The Bertz CT molecular complexity index is 2360. The SMILES string of the molecule is c1ccc(N(c2cccc3ccccc23)c2cccc3ccccc23)cc1.c1ccc(N(c2ccccc2)c2cccc3ccccc23)cc1. The molecule has 50 heavy (non-hydrogen) atoms. The molecule has 0 aromatic heterocycles. The number of fused-ring (bicyclic) bond motifs is 3. The van der Waals surface area contributed by atoms with E-state index in [4.69, 9.17) is 0 Å². The first kappa shape index (κ1) is 30.7. The molecule has 0 N–H and O–H groups in total. The molecular weight excluding hydrogens is 605 g/mol. The normalized spacial score (nSPS) is 10.8. The van der Waals surface area contributed by atoms with Gasteiger partial charge in [-0.3, -0.25) is 0 Å². The highest BCUT2D eigenvalue weighted by Crippen LogP contribution is 2.42. The number of hydrogen-bond acceptors (Lipinski definition) is 2. The van der Waals surface area contributed by atoms with E-state index in [2.05, 4.69) is 228 Å². The monoisotopic (exact) mass is 640 g/mol. The van der Waals surface area contributed by atoms with Crippen molar-refractivity contribution in [2.24, 2.45) is 0 Å². The van der Waals surface area contributed by atoms with Crippen molar-refractivity contribution >= 4 is 66.4 Å². The van der Waals surface area contributed by atoms with Crippen LogP contribution in [0, 0.1) is 0 Å². The van der Waals surface area contributed by atoms with E-state index in [1.165, 1.54) is 49.4 Å². The molecule has 0 saturated carbocycles. The van der Waals surface area contributed by atoms with Gasteiger partial charge in [0.2, 0.25) is 0 Å². The van der Waals surface area contributed by atoms with Crippen LogP contribution in [-0.4, -0.2) is 0 Å². The van der Waals surface area contributed by atoms with E-state index in [-0.39, 0.29) is 0 Å². The van der Waals surface area contributed by atoms with Crippen molar-refractivity contribution < 1.29 is 0 Å². The Kier molecular flexibility index (Phi) is 8.73. The highest BCUT2D eigenvalue weighted by molar-refractivity contribution is 6.04. The smallest absolute Gasteiger partial charge is 0.0540 e. The molecule has 0 bridgehead atoms. The summed E-state index contributed by atoms with van der Waals surface area (Å²) in [6, 6.07) is 76.8. The summed E-state index contributed by atoms with van der Waals surface area (Å²) in [5.41, 5.74) is 7.06. The van der Waals surface area contributed by atoms with E-state index in [0.717, 1.165) is 17.1 Å². The van der Waals surface area contributed by atoms with Crippen molar-refractivity contribution in [2.45, 2.75) is 0 Å². The summed E-state index contributed by atoms with van der Waals surface area (Å²) in [4.78, 5) is 4.67. The Morgan fingerprint density at radius 1 is 0.200 bits per heavy atom. The van der Waals surface area contributed by atoms with Crippen molar-refractivity contribution in [3.8, 4) is 0 Å². The molecule has 2 heteroatoms. The maximum atomic E-state index is 2.37. The lowest BCUT2D eigenvalue weighted by molar-refractivity contribution is 1.30. The molecule has 2 nitrogen and oxygen atoms in total. The fourth-order valence-electron chi connectivity index (χ4n) is 6.78. The minimum Gasteiger partial charge on any atom is -0.310 e. The summed E-state index contributed by atoms with van der Waals surface area (Å²) in [6.07, 6.45) is 0. The van der Waals surface area contributed by atoms with E-state index in [0.29, 0.717) is 0 Å². The molecule has 0 radical (unpaired) electrons. The van der Waals surface area contributed by atoms with Gasteiger partial charge in [0.1, 0.15) is 0 Å². The Morgan fingerprint density at radius 3 is 0.820 bits per heavy atom. The lowest BCUT2D eigenvalue weighted by atomic mass is 10.0. The zero-order valence-corrected chi connectivity index (χ0v) is 27.7. The van der Waals surface area contributed by atoms with Gasteiger partial charge in [-0.2, -0.15) is 0 Å². The first-order valence-electron chi connectivity index (χ1n) is 17.0. The van der Waals surface area contributed by atoms with Gasteiger partial charge in [-0.15, -0.1) is 0 Å². The predicted octanol–water partition coefficient (Wildman–Crippen LogP) is 13.8. The van der Waals surface area contributed by atoms with Crippen molar-refractivity contribution in [1.82, 2.24) is 0 Å². The molecule has 238 valence electrons. The van der Waals surface area contributed by atoms with Crippen LogP contribution in [0.2, 0.25) is 0 Å². The topological polar surface area (TPSA) is 6.48 Å². The van der Waals surface area contributed by atoms with E-state index in [1.807, 2.05) is 0 Å². The number of anilines is 6. The summed E-state index contributed by atoms with van der Waals surface area (Å²) in [5, 5.41) is 7.49. The fraction of sp³-hybridized carbons (Fsp3) is 0. The van der Waals surface area contributed by atoms with Crippen LogP contribution in [0.4, 0.5) is 34.1 Å². The molecule has 0 amide bonds. The first-order chi connectivity index (χ1) is 24.8. The highest BCUT2D eigenvalue weighted by Gasteiger charge is 2.17. The molecule has 0 unspecified atom stereocenters. The quantitative estimate of drug-likeness (QED) is 0.178. The zero-order chi connectivity index (χ0) is 33.5. The minimum atomic E-state index is 1.16. The van der Waals surface area contributed by atoms with Crippen LogP contribution >= 0.6 is 0 Å². The standard InChI is InChI=1S/C26H19N.C22H17N/c1-2-14-22(15-3-1)27(25-18-8-12-20-10-4-6-16-23(20)25)26-19-9-13-21-11-5-7-17-24(21)26;1-3-12-19(13-4-1)23(20-14-5-2-6-15-20)22-17-9-11-18-10-7-8-16-21(18)22/h1-19H;1-17H. The van der Waals surface area contributed by atoms with Gasteiger partial charge in [-0.05, 0) is 70.8 Å². The molecule has 0 aliphatic carbocycles. The van der Waals surface area contributed by atoms with E-state index < -0.39 is 0 Å². The molecule has 0 spiro atoms. The summed E-state index contributed by atoms with van der Waals surface area (Å²) >= 11 is 0. The van der Waals surface area contributed by atoms with Gasteiger partial charge in [0.25, 0.3) is 0 Å². The van der Waals surface area contributed by atoms with Gasteiger partial charge in [0.15, 0.2) is 0 Å². The lowest BCUT2D eigenvalue weighted by Gasteiger charge is -2.28. The molecule has 0 fully saturated rings. The van der Waals surface area contributed by atoms with Gasteiger partial charge in [0, 0.05) is 33.2 Å². The second kappa shape index (κ2) is 14.2. The van der Waals surface area contributed by atoms with Crippen molar-refractivity contribution in [3.05, 3.63) is 218 Å². The summed E-state index contributed by atoms with van der Waals surface area (Å²) < 4.78 is 0. The molecule has 0 aliphatic heterocycles. The summed E-state index contributed by atoms with van der Waals surface area (Å²) in [6.45, 7) is 0. The third-order valence-electron chi connectivity index (χ3n) is 9.07. The van der Waals surface area contributed by atoms with Crippen molar-refractivity contribution in [1.29, 1.82) is 0 Å². The molecule has 0 aliphatic rings. The van der Waals surface area contributed by atoms with Crippen LogP contribution < -0.4 is 9.80 Å². The van der Waals surface area contributed by atoms with Crippen LogP contribution in [-0.2, 0) is 0 Å². The average molecular weight is 641 g/mol. The number of nitrogens with zero attached hydrogens (tertiary/aromatic N) is 2.